The molecule has 0 spiro atoms. The Kier molecular flexibility index (Phi) is 3.65. The van der Waals surface area contributed by atoms with Crippen molar-refractivity contribution in [2.24, 2.45) is 0 Å². The van der Waals surface area contributed by atoms with Gasteiger partial charge in [-0.3, -0.25) is 4.79 Å². The number of hydrogen-bond donors (Lipinski definition) is 1. The van der Waals surface area contributed by atoms with Gasteiger partial charge in [0.15, 0.2) is 6.10 Å². The Labute approximate surface area is 131 Å². The third-order valence-corrected chi connectivity index (χ3v) is 3.93. The molecule has 0 saturated carbocycles. The molecular formula is C19H21NO2. The fraction of sp³-hybridized carbons (Fsp3) is 0.316. The van der Waals surface area contributed by atoms with E-state index < -0.39 is 6.10 Å². The summed E-state index contributed by atoms with van der Waals surface area (Å²) in [7, 11) is 0. The summed E-state index contributed by atoms with van der Waals surface area (Å²) in [6.07, 6.45) is 0.171. The minimum Gasteiger partial charge on any atom is -0.480 e. The van der Waals surface area contributed by atoms with Crippen molar-refractivity contribution in [1.82, 2.24) is 0 Å². The summed E-state index contributed by atoms with van der Waals surface area (Å²) in [6.45, 7) is 6.42. The van der Waals surface area contributed by atoms with E-state index in [9.17, 15) is 4.79 Å². The van der Waals surface area contributed by atoms with E-state index in [-0.39, 0.29) is 11.3 Å². The zero-order chi connectivity index (χ0) is 15.7. The molecule has 114 valence electrons. The highest BCUT2D eigenvalue weighted by molar-refractivity contribution is 5.96. The summed E-state index contributed by atoms with van der Waals surface area (Å²) < 4.78 is 5.75. The SMILES string of the molecule is CC(C)(C)c1ccccc1NC(=O)C1Cc2ccccc2O1. The van der Waals surface area contributed by atoms with Crippen molar-refractivity contribution in [3.8, 4) is 5.75 Å². The summed E-state index contributed by atoms with van der Waals surface area (Å²) in [5.41, 5.74) is 3.05. The van der Waals surface area contributed by atoms with E-state index in [0.29, 0.717) is 6.42 Å². The first kappa shape index (κ1) is 14.6. The summed E-state index contributed by atoms with van der Waals surface area (Å²) in [4.78, 5) is 12.5. The second-order valence-electron chi connectivity index (χ2n) is 6.70. The first-order chi connectivity index (χ1) is 10.4. The number of ether oxygens (including phenoxy) is 1. The van der Waals surface area contributed by atoms with Crippen LogP contribution in [-0.4, -0.2) is 12.0 Å². The molecule has 3 rings (SSSR count). The van der Waals surface area contributed by atoms with Crippen LogP contribution in [0.3, 0.4) is 0 Å². The summed E-state index contributed by atoms with van der Waals surface area (Å²) in [6, 6.07) is 15.7. The lowest BCUT2D eigenvalue weighted by Crippen LogP contribution is -2.32. The molecule has 3 nitrogen and oxygen atoms in total. The number of carbonyl (C=O) groups is 1. The second-order valence-corrected chi connectivity index (χ2v) is 6.70. The third-order valence-electron chi connectivity index (χ3n) is 3.93. The van der Waals surface area contributed by atoms with E-state index in [4.69, 9.17) is 4.74 Å². The quantitative estimate of drug-likeness (QED) is 0.911. The lowest BCUT2D eigenvalue weighted by atomic mass is 9.86. The number of nitrogens with one attached hydrogen (secondary N) is 1. The fourth-order valence-corrected chi connectivity index (χ4v) is 2.79. The molecule has 0 radical (unpaired) electrons. The Balaban J connectivity index is 1.77. The van der Waals surface area contributed by atoms with Crippen LogP contribution >= 0.6 is 0 Å². The molecule has 1 atom stereocenters. The zero-order valence-electron chi connectivity index (χ0n) is 13.2. The smallest absolute Gasteiger partial charge is 0.265 e. The molecule has 22 heavy (non-hydrogen) atoms. The van der Waals surface area contributed by atoms with Gasteiger partial charge in [0.2, 0.25) is 0 Å². The lowest BCUT2D eigenvalue weighted by Gasteiger charge is -2.23. The molecule has 1 aliphatic rings. The molecule has 1 N–H and O–H groups in total. The lowest BCUT2D eigenvalue weighted by molar-refractivity contribution is -0.122. The Hall–Kier alpha value is -2.29. The van der Waals surface area contributed by atoms with Gasteiger partial charge in [0.05, 0.1) is 0 Å². The summed E-state index contributed by atoms with van der Waals surface area (Å²) in [5.74, 6) is 0.722. The first-order valence-corrected chi connectivity index (χ1v) is 7.60. The van der Waals surface area contributed by atoms with Gasteiger partial charge in [-0.1, -0.05) is 57.2 Å². The van der Waals surface area contributed by atoms with Crippen LogP contribution in [0.15, 0.2) is 48.5 Å². The maximum Gasteiger partial charge on any atom is 0.265 e. The van der Waals surface area contributed by atoms with Gasteiger partial charge in [-0.05, 0) is 28.7 Å². The topological polar surface area (TPSA) is 38.3 Å². The van der Waals surface area contributed by atoms with Crippen LogP contribution in [0, 0.1) is 0 Å². The van der Waals surface area contributed by atoms with E-state index in [0.717, 1.165) is 22.6 Å². The molecule has 1 aliphatic heterocycles. The van der Waals surface area contributed by atoms with Gasteiger partial charge in [0.1, 0.15) is 5.75 Å². The standard InChI is InChI=1S/C19H21NO2/c1-19(2,3)14-9-5-6-10-15(14)20-18(21)17-12-13-8-4-7-11-16(13)22-17/h4-11,17H,12H2,1-3H3,(H,20,21). The van der Waals surface area contributed by atoms with Crippen LogP contribution < -0.4 is 10.1 Å². The van der Waals surface area contributed by atoms with Crippen molar-refractivity contribution in [2.45, 2.75) is 38.7 Å². The van der Waals surface area contributed by atoms with E-state index in [1.165, 1.54) is 0 Å². The van der Waals surface area contributed by atoms with E-state index in [1.807, 2.05) is 42.5 Å². The molecule has 2 aromatic carbocycles. The number of amides is 1. The summed E-state index contributed by atoms with van der Waals surface area (Å²) >= 11 is 0. The van der Waals surface area contributed by atoms with Crippen LogP contribution in [0.2, 0.25) is 0 Å². The van der Waals surface area contributed by atoms with Gasteiger partial charge >= 0.3 is 0 Å². The van der Waals surface area contributed by atoms with Crippen molar-refractivity contribution >= 4 is 11.6 Å². The van der Waals surface area contributed by atoms with Crippen LogP contribution in [0.1, 0.15) is 31.9 Å². The Bertz CT molecular complexity index is 676. The van der Waals surface area contributed by atoms with Crippen molar-refractivity contribution in [3.05, 3.63) is 59.7 Å². The molecule has 0 fully saturated rings. The highest BCUT2D eigenvalue weighted by atomic mass is 16.5. The fourth-order valence-electron chi connectivity index (χ4n) is 2.79. The molecule has 1 unspecified atom stereocenters. The number of carbonyl (C=O) groups excluding carboxylic acids is 1. The predicted octanol–water partition coefficient (Wildman–Crippen LogP) is 3.93. The highest BCUT2D eigenvalue weighted by Gasteiger charge is 2.29. The maximum atomic E-state index is 12.5. The molecule has 0 saturated heterocycles. The number of benzene rings is 2. The minimum atomic E-state index is -0.453. The largest absolute Gasteiger partial charge is 0.480 e. The van der Waals surface area contributed by atoms with Crippen LogP contribution in [-0.2, 0) is 16.6 Å². The van der Waals surface area contributed by atoms with E-state index >= 15 is 0 Å². The van der Waals surface area contributed by atoms with Gasteiger partial charge < -0.3 is 10.1 Å². The number of hydrogen-bond acceptors (Lipinski definition) is 2. The average molecular weight is 295 g/mol. The normalized spacial score (nSPS) is 16.8. The second kappa shape index (κ2) is 5.48. The number of para-hydroxylation sites is 2. The van der Waals surface area contributed by atoms with Gasteiger partial charge in [0, 0.05) is 12.1 Å². The third kappa shape index (κ3) is 2.84. The highest BCUT2D eigenvalue weighted by Crippen LogP contribution is 2.31. The molecule has 0 aliphatic carbocycles. The Morgan fingerprint density at radius 1 is 1.09 bits per heavy atom. The van der Waals surface area contributed by atoms with Crippen LogP contribution in [0.4, 0.5) is 5.69 Å². The predicted molar refractivity (Wildman–Crippen MR) is 88.3 cm³/mol. The Morgan fingerprint density at radius 2 is 1.77 bits per heavy atom. The summed E-state index contributed by atoms with van der Waals surface area (Å²) in [5, 5.41) is 3.03. The van der Waals surface area contributed by atoms with Crippen molar-refractivity contribution in [2.75, 3.05) is 5.32 Å². The van der Waals surface area contributed by atoms with Crippen LogP contribution in [0.25, 0.3) is 0 Å². The Morgan fingerprint density at radius 3 is 2.50 bits per heavy atom. The average Bonchev–Trinajstić information content (AvgIpc) is 2.90. The molecule has 0 bridgehead atoms. The minimum absolute atomic E-state index is 0.0244. The molecule has 0 aromatic heterocycles. The number of anilines is 1. The molecule has 3 heteroatoms. The van der Waals surface area contributed by atoms with Crippen molar-refractivity contribution < 1.29 is 9.53 Å². The van der Waals surface area contributed by atoms with E-state index in [1.54, 1.807) is 0 Å². The van der Waals surface area contributed by atoms with Gasteiger partial charge in [-0.15, -0.1) is 0 Å². The molecular weight excluding hydrogens is 274 g/mol. The van der Waals surface area contributed by atoms with Gasteiger partial charge in [-0.2, -0.15) is 0 Å². The molecule has 1 amide bonds. The number of fused-ring (bicyclic) bond motifs is 1. The van der Waals surface area contributed by atoms with Crippen molar-refractivity contribution in [3.63, 3.8) is 0 Å². The van der Waals surface area contributed by atoms with Gasteiger partial charge in [0.25, 0.3) is 5.91 Å². The van der Waals surface area contributed by atoms with E-state index in [2.05, 4.69) is 32.2 Å². The monoisotopic (exact) mass is 295 g/mol. The zero-order valence-corrected chi connectivity index (χ0v) is 13.2. The van der Waals surface area contributed by atoms with Crippen LogP contribution in [0.5, 0.6) is 5.75 Å². The number of rotatable bonds is 2. The molecule has 1 heterocycles. The van der Waals surface area contributed by atoms with Crippen molar-refractivity contribution in [1.29, 1.82) is 0 Å². The maximum absolute atomic E-state index is 12.5. The van der Waals surface area contributed by atoms with Gasteiger partial charge in [-0.25, -0.2) is 0 Å². The first-order valence-electron chi connectivity index (χ1n) is 7.60. The molecule has 2 aromatic rings.